The number of rotatable bonds is 5. The summed E-state index contributed by atoms with van der Waals surface area (Å²) in [5, 5.41) is 4.65. The molecule has 2 aromatic heterocycles. The summed E-state index contributed by atoms with van der Waals surface area (Å²) in [6.45, 7) is 7.32. The molecule has 3 nitrogen and oxygen atoms in total. The van der Waals surface area contributed by atoms with Crippen molar-refractivity contribution in [2.45, 2.75) is 52.6 Å². The van der Waals surface area contributed by atoms with Crippen LogP contribution in [-0.2, 0) is 13.0 Å². The van der Waals surface area contributed by atoms with Gasteiger partial charge in [0.2, 0.25) is 0 Å². The van der Waals surface area contributed by atoms with Crippen molar-refractivity contribution in [1.29, 1.82) is 0 Å². The number of aromatic nitrogens is 2. The molecule has 0 aliphatic heterocycles. The summed E-state index contributed by atoms with van der Waals surface area (Å²) >= 11 is 1.79. The summed E-state index contributed by atoms with van der Waals surface area (Å²) in [6.07, 6.45) is 5.57. The average Bonchev–Trinajstić information content (AvgIpc) is 3.16. The molecular weight excluding hydrogens is 266 g/mol. The fraction of sp³-hybridized carbons (Fsp3) is 0.500. The Morgan fingerprint density at radius 1 is 1.35 bits per heavy atom. The third-order valence-electron chi connectivity index (χ3n) is 3.66. The Labute approximate surface area is 124 Å². The fourth-order valence-electron chi connectivity index (χ4n) is 2.36. The predicted molar refractivity (Wildman–Crippen MR) is 84.1 cm³/mol. The number of pyridine rings is 1. The van der Waals surface area contributed by atoms with Gasteiger partial charge in [0.1, 0.15) is 10.7 Å². The highest BCUT2D eigenvalue weighted by atomic mass is 32.1. The maximum atomic E-state index is 4.80. The molecule has 0 unspecified atom stereocenters. The highest BCUT2D eigenvalue weighted by Gasteiger charge is 2.21. The summed E-state index contributed by atoms with van der Waals surface area (Å²) in [4.78, 5) is 10.7. The molecule has 0 saturated heterocycles. The molecule has 2 aromatic rings. The lowest BCUT2D eigenvalue weighted by atomic mass is 10.2. The van der Waals surface area contributed by atoms with Gasteiger partial charge in [-0.1, -0.05) is 13.0 Å². The van der Waals surface area contributed by atoms with Crippen LogP contribution in [-0.4, -0.2) is 16.0 Å². The number of aryl methyl sites for hydroxylation is 3. The van der Waals surface area contributed by atoms with Gasteiger partial charge in [-0.2, -0.15) is 0 Å². The monoisotopic (exact) mass is 287 g/mol. The normalized spacial score (nSPS) is 14.8. The zero-order chi connectivity index (χ0) is 14.1. The molecule has 0 spiro atoms. The van der Waals surface area contributed by atoms with Crippen LogP contribution >= 0.6 is 11.3 Å². The minimum absolute atomic E-state index is 0.740. The van der Waals surface area contributed by atoms with Crippen LogP contribution in [0.4, 0.5) is 0 Å². The Hall–Kier alpha value is -1.26. The molecule has 0 atom stereocenters. The van der Waals surface area contributed by atoms with E-state index in [1.807, 2.05) is 6.20 Å². The number of hydrogen-bond acceptors (Lipinski definition) is 4. The summed E-state index contributed by atoms with van der Waals surface area (Å²) in [5.41, 5.74) is 4.67. The minimum Gasteiger partial charge on any atom is -0.309 e. The van der Waals surface area contributed by atoms with Crippen LogP contribution in [0, 0.1) is 13.8 Å². The topological polar surface area (TPSA) is 37.8 Å². The average molecular weight is 287 g/mol. The van der Waals surface area contributed by atoms with E-state index in [1.165, 1.54) is 34.5 Å². The van der Waals surface area contributed by atoms with Gasteiger partial charge in [0, 0.05) is 23.7 Å². The van der Waals surface area contributed by atoms with Crippen molar-refractivity contribution in [2.75, 3.05) is 0 Å². The van der Waals surface area contributed by atoms with Crippen LogP contribution in [0.25, 0.3) is 10.7 Å². The Morgan fingerprint density at radius 3 is 2.80 bits per heavy atom. The molecule has 0 amide bonds. The van der Waals surface area contributed by atoms with Crippen LogP contribution in [0.1, 0.15) is 41.5 Å². The first-order valence-corrected chi connectivity index (χ1v) is 8.14. The Balaban J connectivity index is 1.88. The minimum atomic E-state index is 0.740. The van der Waals surface area contributed by atoms with Gasteiger partial charge in [-0.3, -0.25) is 4.98 Å². The summed E-state index contributed by atoms with van der Waals surface area (Å²) < 4.78 is 0. The lowest BCUT2D eigenvalue weighted by Gasteiger charge is -2.02. The molecule has 106 valence electrons. The highest BCUT2D eigenvalue weighted by molar-refractivity contribution is 7.15. The zero-order valence-corrected chi connectivity index (χ0v) is 13.2. The van der Waals surface area contributed by atoms with Crippen molar-refractivity contribution < 1.29 is 0 Å². The SMILES string of the molecule is CCc1nc(-c2ncc(C)cc2C)sc1CNC1CC1. The number of nitrogens with zero attached hydrogens (tertiary/aromatic N) is 2. The molecule has 4 heteroatoms. The second-order valence-corrected chi connectivity index (χ2v) is 6.66. The van der Waals surface area contributed by atoms with Gasteiger partial charge in [-0.05, 0) is 44.2 Å². The van der Waals surface area contributed by atoms with Crippen molar-refractivity contribution >= 4 is 11.3 Å². The smallest absolute Gasteiger partial charge is 0.142 e. The molecular formula is C16H21N3S. The number of hydrogen-bond donors (Lipinski definition) is 1. The molecule has 1 N–H and O–H groups in total. The van der Waals surface area contributed by atoms with Crippen molar-refractivity contribution in [3.63, 3.8) is 0 Å². The van der Waals surface area contributed by atoms with E-state index in [0.29, 0.717) is 0 Å². The predicted octanol–water partition coefficient (Wildman–Crippen LogP) is 3.64. The first kappa shape index (κ1) is 13.7. The summed E-state index contributed by atoms with van der Waals surface area (Å²) in [7, 11) is 0. The van der Waals surface area contributed by atoms with Gasteiger partial charge in [0.05, 0.1) is 5.69 Å². The van der Waals surface area contributed by atoms with Gasteiger partial charge >= 0.3 is 0 Å². The number of nitrogens with one attached hydrogen (secondary N) is 1. The van der Waals surface area contributed by atoms with E-state index in [-0.39, 0.29) is 0 Å². The molecule has 0 bridgehead atoms. The van der Waals surface area contributed by atoms with Crippen LogP contribution in [0.2, 0.25) is 0 Å². The zero-order valence-electron chi connectivity index (χ0n) is 12.4. The van der Waals surface area contributed by atoms with E-state index >= 15 is 0 Å². The highest BCUT2D eigenvalue weighted by Crippen LogP contribution is 2.30. The van der Waals surface area contributed by atoms with E-state index in [2.05, 4.69) is 37.1 Å². The molecule has 0 radical (unpaired) electrons. The van der Waals surface area contributed by atoms with Gasteiger partial charge in [0.15, 0.2) is 0 Å². The van der Waals surface area contributed by atoms with Gasteiger partial charge in [0.25, 0.3) is 0 Å². The van der Waals surface area contributed by atoms with Crippen molar-refractivity contribution in [3.8, 4) is 10.7 Å². The molecule has 2 heterocycles. The number of thiazole rings is 1. The van der Waals surface area contributed by atoms with E-state index < -0.39 is 0 Å². The van der Waals surface area contributed by atoms with Crippen LogP contribution < -0.4 is 5.32 Å². The molecule has 1 aliphatic carbocycles. The molecule has 0 aromatic carbocycles. The Bertz CT molecular complexity index is 614. The lowest BCUT2D eigenvalue weighted by molar-refractivity contribution is 0.689. The Kier molecular flexibility index (Phi) is 3.85. The lowest BCUT2D eigenvalue weighted by Crippen LogP contribution is -2.15. The summed E-state index contributed by atoms with van der Waals surface area (Å²) in [6, 6.07) is 2.92. The molecule has 1 aliphatic rings. The van der Waals surface area contributed by atoms with E-state index in [9.17, 15) is 0 Å². The third kappa shape index (κ3) is 2.91. The van der Waals surface area contributed by atoms with Crippen LogP contribution in [0.3, 0.4) is 0 Å². The van der Waals surface area contributed by atoms with Crippen molar-refractivity contribution in [1.82, 2.24) is 15.3 Å². The van der Waals surface area contributed by atoms with Gasteiger partial charge in [-0.25, -0.2) is 4.98 Å². The van der Waals surface area contributed by atoms with Crippen LogP contribution in [0.5, 0.6) is 0 Å². The van der Waals surface area contributed by atoms with Gasteiger partial charge in [-0.15, -0.1) is 11.3 Å². The molecule has 1 fully saturated rings. The van der Waals surface area contributed by atoms with E-state index in [1.54, 1.807) is 11.3 Å². The second-order valence-electron chi connectivity index (χ2n) is 5.58. The first-order chi connectivity index (χ1) is 9.67. The maximum absolute atomic E-state index is 4.80. The standard InChI is InChI=1S/C16H21N3S/c1-4-13-14(9-17-12-5-6-12)20-16(19-13)15-11(3)7-10(2)8-18-15/h7-8,12,17H,4-6,9H2,1-3H3. The van der Waals surface area contributed by atoms with Gasteiger partial charge < -0.3 is 5.32 Å². The fourth-order valence-corrected chi connectivity index (χ4v) is 3.53. The largest absolute Gasteiger partial charge is 0.309 e. The van der Waals surface area contributed by atoms with Crippen molar-refractivity contribution in [2.24, 2.45) is 0 Å². The van der Waals surface area contributed by atoms with E-state index in [0.717, 1.165) is 29.7 Å². The quantitative estimate of drug-likeness (QED) is 0.912. The first-order valence-electron chi connectivity index (χ1n) is 7.33. The van der Waals surface area contributed by atoms with E-state index in [4.69, 9.17) is 4.98 Å². The van der Waals surface area contributed by atoms with Crippen LogP contribution in [0.15, 0.2) is 12.3 Å². The molecule has 1 saturated carbocycles. The third-order valence-corrected chi connectivity index (χ3v) is 4.76. The van der Waals surface area contributed by atoms with Crippen molar-refractivity contribution in [3.05, 3.63) is 34.0 Å². The Morgan fingerprint density at radius 2 is 2.15 bits per heavy atom. The summed E-state index contributed by atoms with van der Waals surface area (Å²) in [5.74, 6) is 0. The second kappa shape index (κ2) is 5.62. The molecule has 3 rings (SSSR count). The maximum Gasteiger partial charge on any atom is 0.142 e. The molecule has 20 heavy (non-hydrogen) atoms.